The molecule has 0 spiro atoms. The van der Waals surface area contributed by atoms with Gasteiger partial charge in [0, 0.05) is 44.3 Å². The lowest BCUT2D eigenvalue weighted by Crippen LogP contribution is -2.29. The highest BCUT2D eigenvalue weighted by Gasteiger charge is 2.25. The molecule has 1 aliphatic carbocycles. The van der Waals surface area contributed by atoms with E-state index < -0.39 is 0 Å². The van der Waals surface area contributed by atoms with Crippen LogP contribution in [-0.4, -0.2) is 37.7 Å². The lowest BCUT2D eigenvalue weighted by Gasteiger charge is -2.14. The number of hydrogen-bond acceptors (Lipinski definition) is 6. The number of nitriles is 1. The summed E-state index contributed by atoms with van der Waals surface area (Å²) < 4.78 is 0. The zero-order chi connectivity index (χ0) is 23.1. The predicted octanol–water partition coefficient (Wildman–Crippen LogP) is 3.32. The Morgan fingerprint density at radius 1 is 1.39 bits per heavy atom. The minimum Gasteiger partial charge on any atom is -0.402 e. The first kappa shape index (κ1) is 23.6. The van der Waals surface area contributed by atoms with Crippen molar-refractivity contribution in [3.8, 4) is 6.07 Å². The summed E-state index contributed by atoms with van der Waals surface area (Å²) in [7, 11) is 5.26. The maximum atomic E-state index is 12.5. The van der Waals surface area contributed by atoms with Gasteiger partial charge in [0.05, 0.1) is 5.56 Å². The summed E-state index contributed by atoms with van der Waals surface area (Å²) in [5.74, 6) is 0.691. The van der Waals surface area contributed by atoms with Gasteiger partial charge in [-0.05, 0) is 62.0 Å². The molecule has 0 unspecified atom stereocenters. The van der Waals surface area contributed by atoms with E-state index in [0.29, 0.717) is 34.4 Å². The molecule has 1 fully saturated rings. The normalized spacial score (nSPS) is 15.4. The van der Waals surface area contributed by atoms with E-state index in [1.807, 2.05) is 27.1 Å². The number of nitrogens with zero attached hydrogens (tertiary/aromatic N) is 4. The number of pyridine rings is 1. The van der Waals surface area contributed by atoms with Crippen LogP contribution in [-0.2, 0) is 4.79 Å². The molecule has 7 nitrogen and oxygen atoms in total. The molecule has 0 aromatic carbocycles. The van der Waals surface area contributed by atoms with Crippen LogP contribution in [0.5, 0.6) is 0 Å². The van der Waals surface area contributed by atoms with Gasteiger partial charge in [-0.25, -0.2) is 4.98 Å². The summed E-state index contributed by atoms with van der Waals surface area (Å²) in [4.78, 5) is 22.7. The maximum absolute atomic E-state index is 12.5. The van der Waals surface area contributed by atoms with Gasteiger partial charge in [-0.3, -0.25) is 9.79 Å². The lowest BCUT2D eigenvalue weighted by molar-refractivity contribution is -0.114. The third-order valence-corrected chi connectivity index (χ3v) is 4.95. The number of rotatable bonds is 8. The number of amides is 1. The molecule has 1 aromatic heterocycles. The highest BCUT2D eigenvalue weighted by molar-refractivity contribution is 6.43. The number of anilines is 1. The highest BCUT2D eigenvalue weighted by atomic mass is 16.1. The van der Waals surface area contributed by atoms with Crippen molar-refractivity contribution >= 4 is 23.0 Å². The summed E-state index contributed by atoms with van der Waals surface area (Å²) in [6.07, 6.45) is 9.15. The molecule has 2 rings (SSSR count). The molecule has 0 atom stereocenters. The van der Waals surface area contributed by atoms with Crippen molar-refractivity contribution < 1.29 is 4.79 Å². The largest absolute Gasteiger partial charge is 0.402 e. The minimum absolute atomic E-state index is 0.299. The molecule has 0 aliphatic heterocycles. The van der Waals surface area contributed by atoms with Crippen molar-refractivity contribution in [3.63, 3.8) is 0 Å². The first-order valence-corrected chi connectivity index (χ1v) is 10.0. The second-order valence-corrected chi connectivity index (χ2v) is 7.76. The van der Waals surface area contributed by atoms with Crippen LogP contribution in [0.2, 0.25) is 0 Å². The van der Waals surface area contributed by atoms with Gasteiger partial charge in [-0.1, -0.05) is 12.7 Å². The first-order valence-electron chi connectivity index (χ1n) is 10.0. The van der Waals surface area contributed by atoms with Gasteiger partial charge < -0.3 is 16.0 Å². The Hall–Kier alpha value is -3.66. The summed E-state index contributed by atoms with van der Waals surface area (Å²) >= 11 is 0. The number of carbonyl (C=O) groups is 1. The van der Waals surface area contributed by atoms with Crippen molar-refractivity contribution in [1.29, 1.82) is 5.26 Å². The molecule has 31 heavy (non-hydrogen) atoms. The zero-order valence-electron chi connectivity index (χ0n) is 18.9. The molecule has 162 valence electrons. The van der Waals surface area contributed by atoms with E-state index in [1.54, 1.807) is 43.3 Å². The molecular formula is C24H30N6O. The Labute approximate surface area is 184 Å². The minimum atomic E-state index is -0.299. The molecule has 1 amide bonds. The van der Waals surface area contributed by atoms with Crippen LogP contribution in [0.4, 0.5) is 5.82 Å². The predicted molar refractivity (Wildman–Crippen MR) is 126 cm³/mol. The van der Waals surface area contributed by atoms with Gasteiger partial charge in [0.1, 0.15) is 17.6 Å². The van der Waals surface area contributed by atoms with Gasteiger partial charge in [-0.2, -0.15) is 5.26 Å². The van der Waals surface area contributed by atoms with Crippen LogP contribution in [0.15, 0.2) is 59.0 Å². The third-order valence-electron chi connectivity index (χ3n) is 4.95. The van der Waals surface area contributed by atoms with Crippen molar-refractivity contribution in [2.24, 2.45) is 16.6 Å². The van der Waals surface area contributed by atoms with Gasteiger partial charge >= 0.3 is 0 Å². The molecule has 1 aliphatic rings. The van der Waals surface area contributed by atoms with Gasteiger partial charge in [0.25, 0.3) is 5.91 Å². The average molecular weight is 419 g/mol. The van der Waals surface area contributed by atoms with E-state index in [9.17, 15) is 10.1 Å². The van der Waals surface area contributed by atoms with Crippen LogP contribution >= 0.6 is 0 Å². The average Bonchev–Trinajstić information content (AvgIpc) is 3.59. The number of aliphatic imine (C=N–C) groups is 1. The van der Waals surface area contributed by atoms with Gasteiger partial charge in [0.2, 0.25) is 0 Å². The molecule has 1 heterocycles. The summed E-state index contributed by atoms with van der Waals surface area (Å²) in [6, 6.07) is 3.95. The molecular weight excluding hydrogens is 388 g/mol. The monoisotopic (exact) mass is 418 g/mol. The maximum Gasteiger partial charge on any atom is 0.273 e. The summed E-state index contributed by atoms with van der Waals surface area (Å²) in [5, 5.41) is 12.2. The van der Waals surface area contributed by atoms with Gasteiger partial charge in [0.15, 0.2) is 0 Å². The number of nitrogens with one attached hydrogen (secondary N) is 1. The first-order chi connectivity index (χ1) is 14.7. The van der Waals surface area contributed by atoms with Crippen LogP contribution in [0.25, 0.3) is 5.57 Å². The van der Waals surface area contributed by atoms with Crippen LogP contribution < -0.4 is 16.0 Å². The summed E-state index contributed by atoms with van der Waals surface area (Å²) in [6.45, 7) is 7.83. The van der Waals surface area contributed by atoms with E-state index in [0.717, 1.165) is 29.6 Å². The molecule has 0 radical (unpaired) electrons. The van der Waals surface area contributed by atoms with E-state index in [1.165, 1.54) is 0 Å². The van der Waals surface area contributed by atoms with Crippen LogP contribution in [0, 0.1) is 17.2 Å². The van der Waals surface area contributed by atoms with E-state index in [4.69, 9.17) is 5.73 Å². The Morgan fingerprint density at radius 2 is 2.06 bits per heavy atom. The SMILES string of the molecule is C=C(/C(C)=C\C=C(/C)NC(=O)C(C=C(N)C1CC1)=NC)c1cnc(N(C)C)c(C#N)c1. The molecule has 0 saturated heterocycles. The van der Waals surface area contributed by atoms with Crippen molar-refractivity contribution in [3.05, 3.63) is 65.2 Å². The zero-order valence-corrected chi connectivity index (χ0v) is 18.9. The number of allylic oxidation sites excluding steroid dienone is 6. The van der Waals surface area contributed by atoms with Crippen LogP contribution in [0.3, 0.4) is 0 Å². The van der Waals surface area contributed by atoms with Crippen molar-refractivity contribution in [2.75, 3.05) is 26.0 Å². The number of nitrogens with two attached hydrogens (primary N) is 1. The fraction of sp³-hybridized carbons (Fsp3) is 0.333. The Kier molecular flexibility index (Phi) is 7.92. The van der Waals surface area contributed by atoms with Crippen LogP contribution in [0.1, 0.15) is 37.8 Å². The lowest BCUT2D eigenvalue weighted by atomic mass is 10.0. The van der Waals surface area contributed by atoms with E-state index >= 15 is 0 Å². The molecule has 1 saturated carbocycles. The third kappa shape index (κ3) is 6.41. The van der Waals surface area contributed by atoms with E-state index in [2.05, 4.69) is 27.9 Å². The number of aromatic nitrogens is 1. The Morgan fingerprint density at radius 3 is 2.61 bits per heavy atom. The second kappa shape index (κ2) is 10.4. The topological polar surface area (TPSA) is 107 Å². The standard InChI is InChI=1S/C24H30N6O/c1-15(17(3)20-11-19(13-25)23(28-14-20)30(5)6)7-8-16(2)29-24(31)22(27-4)12-21(26)18-9-10-18/h7-8,11-12,14,18H,3,9-10,26H2,1-2,4-6H3,(H,29,31)/b15-7-,16-8+,21-12?,27-22?. The number of carbonyl (C=O) groups excluding carboxylic acids is 1. The number of hydrogen-bond donors (Lipinski definition) is 2. The van der Waals surface area contributed by atoms with Crippen molar-refractivity contribution in [1.82, 2.24) is 10.3 Å². The fourth-order valence-electron chi connectivity index (χ4n) is 2.85. The molecule has 7 heteroatoms. The Bertz CT molecular complexity index is 1030. The smallest absolute Gasteiger partial charge is 0.273 e. The van der Waals surface area contributed by atoms with Gasteiger partial charge in [-0.15, -0.1) is 0 Å². The molecule has 3 N–H and O–H groups in total. The van der Waals surface area contributed by atoms with Crippen molar-refractivity contribution in [2.45, 2.75) is 26.7 Å². The molecule has 0 bridgehead atoms. The fourth-order valence-corrected chi connectivity index (χ4v) is 2.85. The second-order valence-electron chi connectivity index (χ2n) is 7.76. The molecule has 1 aromatic rings. The van der Waals surface area contributed by atoms with E-state index in [-0.39, 0.29) is 5.91 Å². The quantitative estimate of drug-likeness (QED) is 0.497. The summed E-state index contributed by atoms with van der Waals surface area (Å²) in [5.41, 5.74) is 10.6. The highest BCUT2D eigenvalue weighted by Crippen LogP contribution is 2.33. The Balaban J connectivity index is 2.10.